The topological polar surface area (TPSA) is 44.5 Å². The Hall–Kier alpha value is -3.00. The lowest BCUT2D eigenvalue weighted by Gasteiger charge is -2.40. The van der Waals surface area contributed by atoms with E-state index < -0.39 is 6.23 Å². The van der Waals surface area contributed by atoms with Gasteiger partial charge in [-0.3, -0.25) is 0 Å². The first-order valence-electron chi connectivity index (χ1n) is 11.7. The molecule has 5 rings (SSSR count). The summed E-state index contributed by atoms with van der Waals surface area (Å²) in [4.78, 5) is 5.47. The van der Waals surface area contributed by atoms with E-state index in [9.17, 15) is 9.50 Å². The van der Waals surface area contributed by atoms with Crippen LogP contribution < -0.4 is 4.90 Å². The van der Waals surface area contributed by atoms with Gasteiger partial charge in [-0.1, -0.05) is 36.4 Å². The second-order valence-electron chi connectivity index (χ2n) is 8.70. The zero-order valence-corrected chi connectivity index (χ0v) is 19.8. The Labute approximate surface area is 203 Å². The average molecular weight is 477 g/mol. The number of hydrogen-bond donors (Lipinski definition) is 1. The number of likely N-dealkylation sites (tertiary alicyclic amines) is 1. The number of piperidine rings is 1. The molecule has 1 N–H and O–H groups in total. The minimum atomic E-state index is -0.752. The molecule has 3 heterocycles. The van der Waals surface area contributed by atoms with Crippen LogP contribution in [0.3, 0.4) is 0 Å². The molecule has 34 heavy (non-hydrogen) atoms. The van der Waals surface area contributed by atoms with Crippen LogP contribution in [0.5, 0.6) is 0 Å². The smallest absolute Gasteiger partial charge is 0.164 e. The van der Waals surface area contributed by atoms with Gasteiger partial charge in [-0.05, 0) is 60.5 Å². The fourth-order valence-corrected chi connectivity index (χ4v) is 5.34. The first-order chi connectivity index (χ1) is 16.7. The van der Waals surface area contributed by atoms with Crippen LogP contribution in [0.2, 0.25) is 0 Å². The van der Waals surface area contributed by atoms with E-state index in [0.717, 1.165) is 55.3 Å². The van der Waals surface area contributed by atoms with Crippen molar-refractivity contribution in [3.05, 3.63) is 101 Å². The molecule has 1 aliphatic rings. The molecule has 1 aliphatic heterocycles. The molecule has 0 spiro atoms. The number of halogens is 1. The van der Waals surface area contributed by atoms with Crippen LogP contribution in [0.4, 0.5) is 10.2 Å². The maximum absolute atomic E-state index is 13.4. The molecule has 1 unspecified atom stereocenters. The van der Waals surface area contributed by atoms with Gasteiger partial charge in [-0.25, -0.2) is 9.07 Å². The molecule has 0 radical (unpaired) electrons. The van der Waals surface area contributed by atoms with Crippen LogP contribution in [0, 0.1) is 5.82 Å². The summed E-state index contributed by atoms with van der Waals surface area (Å²) in [6.07, 6.45) is 4.08. The van der Waals surface area contributed by atoms with Gasteiger partial charge in [0.1, 0.15) is 5.82 Å². The van der Waals surface area contributed by atoms with Crippen molar-refractivity contribution in [2.24, 2.45) is 0 Å². The standard InChI is InChI=1S/C27H29FN4OS/c28-22-8-10-23(11-9-22)31-19-15-26(29-31)32(27(33)25-7-4-20-34-25)24-13-17-30(18-14-24)16-12-21-5-2-1-3-6-21/h1-11,15,19-20,24,27,33H,12-14,16-18H2. The second kappa shape index (κ2) is 10.5. The van der Waals surface area contributed by atoms with Crippen LogP contribution in [-0.2, 0) is 6.42 Å². The molecule has 0 amide bonds. The van der Waals surface area contributed by atoms with Crippen molar-refractivity contribution in [1.82, 2.24) is 14.7 Å². The zero-order valence-electron chi connectivity index (χ0n) is 19.0. The third-order valence-electron chi connectivity index (χ3n) is 6.50. The summed E-state index contributed by atoms with van der Waals surface area (Å²) in [5, 5.41) is 18.1. The molecular weight excluding hydrogens is 447 g/mol. The molecule has 1 atom stereocenters. The molecule has 0 bridgehead atoms. The van der Waals surface area contributed by atoms with Crippen molar-refractivity contribution in [1.29, 1.82) is 0 Å². The Bertz CT molecular complexity index is 1160. The molecule has 5 nitrogen and oxygen atoms in total. The van der Waals surface area contributed by atoms with Crippen molar-refractivity contribution >= 4 is 17.2 Å². The number of aliphatic hydroxyl groups excluding tert-OH is 1. The molecule has 1 fully saturated rings. The van der Waals surface area contributed by atoms with E-state index in [0.29, 0.717) is 0 Å². The molecule has 4 aromatic rings. The van der Waals surface area contributed by atoms with Crippen LogP contribution >= 0.6 is 11.3 Å². The monoisotopic (exact) mass is 476 g/mol. The van der Waals surface area contributed by atoms with E-state index in [2.05, 4.69) is 40.1 Å². The van der Waals surface area contributed by atoms with Gasteiger partial charge in [-0.15, -0.1) is 11.3 Å². The van der Waals surface area contributed by atoms with Crippen LogP contribution in [0.25, 0.3) is 5.69 Å². The lowest BCUT2D eigenvalue weighted by molar-refractivity contribution is 0.136. The number of rotatable bonds is 8. The number of benzene rings is 2. The average Bonchev–Trinajstić information content (AvgIpc) is 3.58. The fraction of sp³-hybridized carbons (Fsp3) is 0.296. The summed E-state index contributed by atoms with van der Waals surface area (Å²) < 4.78 is 15.1. The van der Waals surface area contributed by atoms with E-state index >= 15 is 0 Å². The first kappa shape index (κ1) is 22.8. The van der Waals surface area contributed by atoms with Gasteiger partial charge in [0.25, 0.3) is 0 Å². The highest BCUT2D eigenvalue weighted by Crippen LogP contribution is 2.33. The van der Waals surface area contributed by atoms with E-state index in [1.54, 1.807) is 28.2 Å². The Morgan fingerprint density at radius 2 is 1.76 bits per heavy atom. The molecule has 176 valence electrons. The fourth-order valence-electron chi connectivity index (χ4n) is 4.63. The second-order valence-corrected chi connectivity index (χ2v) is 9.68. The van der Waals surface area contributed by atoms with Gasteiger partial charge in [0.15, 0.2) is 12.0 Å². The number of aromatic nitrogens is 2. The third kappa shape index (κ3) is 5.22. The highest BCUT2D eigenvalue weighted by molar-refractivity contribution is 7.10. The number of nitrogens with zero attached hydrogens (tertiary/aromatic N) is 4. The summed E-state index contributed by atoms with van der Waals surface area (Å²) in [5.74, 6) is 0.456. The van der Waals surface area contributed by atoms with Gasteiger partial charge in [0, 0.05) is 37.9 Å². The number of anilines is 1. The Morgan fingerprint density at radius 1 is 1.00 bits per heavy atom. The largest absolute Gasteiger partial charge is 0.368 e. The number of thiophene rings is 1. The summed E-state index contributed by atoms with van der Waals surface area (Å²) >= 11 is 1.55. The molecule has 0 aliphatic carbocycles. The quantitative estimate of drug-likeness (QED) is 0.352. The predicted molar refractivity (Wildman–Crippen MR) is 135 cm³/mol. The summed E-state index contributed by atoms with van der Waals surface area (Å²) in [5.41, 5.74) is 2.15. The van der Waals surface area contributed by atoms with Gasteiger partial charge < -0.3 is 14.9 Å². The van der Waals surface area contributed by atoms with Crippen molar-refractivity contribution in [2.75, 3.05) is 24.5 Å². The number of aliphatic hydroxyl groups is 1. The lowest BCUT2D eigenvalue weighted by Crippen LogP contribution is -2.47. The van der Waals surface area contributed by atoms with Crippen molar-refractivity contribution in [3.8, 4) is 5.69 Å². The van der Waals surface area contributed by atoms with Crippen molar-refractivity contribution < 1.29 is 9.50 Å². The molecule has 0 saturated carbocycles. The Kier molecular flexibility index (Phi) is 7.04. The molecule has 1 saturated heterocycles. The van der Waals surface area contributed by atoms with Gasteiger partial charge in [0.2, 0.25) is 0 Å². The van der Waals surface area contributed by atoms with E-state index in [1.807, 2.05) is 29.8 Å². The SMILES string of the molecule is OC(c1cccs1)N(c1ccn(-c2ccc(F)cc2)n1)C1CCN(CCc2ccccc2)CC1. The highest BCUT2D eigenvalue weighted by atomic mass is 32.1. The minimum Gasteiger partial charge on any atom is -0.368 e. The Balaban J connectivity index is 1.31. The first-order valence-corrected chi connectivity index (χ1v) is 12.6. The van der Waals surface area contributed by atoms with E-state index in [-0.39, 0.29) is 11.9 Å². The molecule has 2 aromatic carbocycles. The van der Waals surface area contributed by atoms with Crippen molar-refractivity contribution in [3.63, 3.8) is 0 Å². The van der Waals surface area contributed by atoms with Gasteiger partial charge >= 0.3 is 0 Å². The maximum atomic E-state index is 13.4. The summed E-state index contributed by atoms with van der Waals surface area (Å²) in [6.45, 7) is 3.02. The minimum absolute atomic E-state index is 0.182. The van der Waals surface area contributed by atoms with Crippen LogP contribution in [0.1, 0.15) is 29.5 Å². The zero-order chi connectivity index (χ0) is 23.3. The molecule has 7 heteroatoms. The van der Waals surface area contributed by atoms with Gasteiger partial charge in [0.05, 0.1) is 10.6 Å². The maximum Gasteiger partial charge on any atom is 0.164 e. The predicted octanol–water partition coefficient (Wildman–Crippen LogP) is 5.28. The van der Waals surface area contributed by atoms with E-state index in [1.165, 1.54) is 17.7 Å². The summed E-state index contributed by atoms with van der Waals surface area (Å²) in [6, 6.07) is 22.9. The van der Waals surface area contributed by atoms with Crippen molar-refractivity contribution in [2.45, 2.75) is 31.5 Å². The van der Waals surface area contributed by atoms with Crippen LogP contribution in [0.15, 0.2) is 84.4 Å². The normalized spacial score (nSPS) is 15.9. The van der Waals surface area contributed by atoms with Gasteiger partial charge in [-0.2, -0.15) is 5.10 Å². The molecular formula is C27H29FN4OS. The van der Waals surface area contributed by atoms with Crippen LogP contribution in [-0.4, -0.2) is 45.5 Å². The molecule has 2 aromatic heterocycles. The Morgan fingerprint density at radius 3 is 2.47 bits per heavy atom. The lowest BCUT2D eigenvalue weighted by atomic mass is 10.0. The number of hydrogen-bond acceptors (Lipinski definition) is 5. The summed E-state index contributed by atoms with van der Waals surface area (Å²) in [7, 11) is 0. The van der Waals surface area contributed by atoms with E-state index in [4.69, 9.17) is 5.10 Å². The highest BCUT2D eigenvalue weighted by Gasteiger charge is 2.31. The third-order valence-corrected chi connectivity index (χ3v) is 7.41.